The maximum atomic E-state index is 4.89. The smallest absolute Gasteiger partial charge is 0.187 e. The highest BCUT2D eigenvalue weighted by atomic mass is 15.3. The number of benzene rings is 2. The highest BCUT2D eigenvalue weighted by Crippen LogP contribution is 2.32. The standard InChI is InChI=1S/C30H21N7.C2H6/c1-3-12-26-23(9-1)24-10-2-4-13-27(24)37(26)28-15-14-21(20-33-28)29-34-35-30(25-11-5-6-18-32-25)36(29)22-8-7-17-31-19-16-22;1-2/h1-6,8-20H,7H2;1-2H3. The summed E-state index contributed by atoms with van der Waals surface area (Å²) >= 11 is 0. The zero-order valence-electron chi connectivity index (χ0n) is 21.8. The average molecular weight is 510 g/mol. The number of allylic oxidation sites excluding steroid dienone is 3. The van der Waals surface area contributed by atoms with Crippen LogP contribution >= 0.6 is 0 Å². The van der Waals surface area contributed by atoms with Crippen LogP contribution in [0.5, 0.6) is 0 Å². The van der Waals surface area contributed by atoms with Crippen LogP contribution in [0.15, 0.2) is 115 Å². The molecule has 0 unspecified atom stereocenters. The Labute approximate surface area is 226 Å². The van der Waals surface area contributed by atoms with Crippen molar-refractivity contribution in [1.29, 1.82) is 0 Å². The molecule has 0 amide bonds. The second kappa shape index (κ2) is 10.7. The van der Waals surface area contributed by atoms with Crippen molar-refractivity contribution in [3.05, 3.63) is 110 Å². The molecule has 0 atom stereocenters. The van der Waals surface area contributed by atoms with Crippen molar-refractivity contribution >= 4 is 33.7 Å². The molecule has 0 N–H and O–H groups in total. The molecule has 7 rings (SSSR count). The molecule has 0 aliphatic carbocycles. The van der Waals surface area contributed by atoms with Gasteiger partial charge in [0, 0.05) is 53.3 Å². The van der Waals surface area contributed by atoms with E-state index in [-0.39, 0.29) is 0 Å². The molecule has 39 heavy (non-hydrogen) atoms. The van der Waals surface area contributed by atoms with E-state index in [1.54, 1.807) is 12.4 Å². The van der Waals surface area contributed by atoms with Crippen molar-refractivity contribution in [3.8, 4) is 28.7 Å². The molecule has 1 aliphatic heterocycles. The number of rotatable bonds is 4. The van der Waals surface area contributed by atoms with Gasteiger partial charge in [-0.2, -0.15) is 0 Å². The van der Waals surface area contributed by atoms with Crippen LogP contribution in [0.2, 0.25) is 0 Å². The molecule has 7 nitrogen and oxygen atoms in total. The Balaban J connectivity index is 0.00000135. The van der Waals surface area contributed by atoms with Crippen molar-refractivity contribution in [2.24, 2.45) is 4.99 Å². The summed E-state index contributed by atoms with van der Waals surface area (Å²) in [5, 5.41) is 11.5. The molecule has 0 fully saturated rings. The van der Waals surface area contributed by atoms with Crippen LogP contribution < -0.4 is 0 Å². The SMILES string of the molecule is C1=CC(n2c(-c3ccc(-n4c5ccccc5c5ccccc54)nc3)nnc2-c2ccccn2)=CCC=N1.CC. The van der Waals surface area contributed by atoms with Gasteiger partial charge in [0.15, 0.2) is 11.6 Å². The third-order valence-electron chi connectivity index (χ3n) is 6.50. The van der Waals surface area contributed by atoms with Gasteiger partial charge in [0.05, 0.1) is 11.0 Å². The van der Waals surface area contributed by atoms with Crippen molar-refractivity contribution < 1.29 is 0 Å². The van der Waals surface area contributed by atoms with E-state index in [0.717, 1.165) is 33.8 Å². The van der Waals surface area contributed by atoms with Crippen LogP contribution in [0, 0.1) is 0 Å². The van der Waals surface area contributed by atoms with Gasteiger partial charge in [-0.25, -0.2) is 4.98 Å². The Bertz CT molecular complexity index is 1790. The summed E-state index contributed by atoms with van der Waals surface area (Å²) in [5.41, 5.74) is 4.79. The Morgan fingerprint density at radius 3 is 2.10 bits per heavy atom. The molecule has 4 aromatic heterocycles. The number of hydrogen-bond donors (Lipinski definition) is 0. The van der Waals surface area contributed by atoms with Gasteiger partial charge in [-0.05, 0) is 42.5 Å². The number of aromatic nitrogens is 6. The fourth-order valence-electron chi connectivity index (χ4n) is 4.85. The quantitative estimate of drug-likeness (QED) is 0.249. The molecule has 2 aromatic carbocycles. The molecule has 0 radical (unpaired) electrons. The normalized spacial score (nSPS) is 12.7. The lowest BCUT2D eigenvalue weighted by Gasteiger charge is -2.12. The Morgan fingerprint density at radius 2 is 1.41 bits per heavy atom. The minimum atomic E-state index is 0.667. The minimum absolute atomic E-state index is 0.667. The number of fused-ring (bicyclic) bond motifs is 3. The predicted octanol–water partition coefficient (Wildman–Crippen LogP) is 7.35. The molecule has 0 bridgehead atoms. The third-order valence-corrected chi connectivity index (χ3v) is 6.50. The lowest BCUT2D eigenvalue weighted by Crippen LogP contribution is -2.03. The summed E-state index contributed by atoms with van der Waals surface area (Å²) in [6, 6.07) is 26.7. The van der Waals surface area contributed by atoms with Gasteiger partial charge in [-0.3, -0.25) is 19.1 Å². The summed E-state index contributed by atoms with van der Waals surface area (Å²) in [6.07, 6.45) is 12.1. The highest BCUT2D eigenvalue weighted by Gasteiger charge is 2.20. The molecule has 0 spiro atoms. The third kappa shape index (κ3) is 4.34. The van der Waals surface area contributed by atoms with E-state index < -0.39 is 0 Å². The monoisotopic (exact) mass is 509 g/mol. The molecule has 7 heteroatoms. The Kier molecular flexibility index (Phi) is 6.62. The number of hydrogen-bond acceptors (Lipinski definition) is 5. The van der Waals surface area contributed by atoms with Crippen molar-refractivity contribution in [3.63, 3.8) is 0 Å². The van der Waals surface area contributed by atoms with Gasteiger partial charge in [0.25, 0.3) is 0 Å². The largest absolute Gasteiger partial charge is 0.294 e. The van der Waals surface area contributed by atoms with Gasteiger partial charge >= 0.3 is 0 Å². The van der Waals surface area contributed by atoms with Crippen LogP contribution in [0.3, 0.4) is 0 Å². The summed E-state index contributed by atoms with van der Waals surface area (Å²) in [7, 11) is 0. The number of pyridine rings is 2. The maximum Gasteiger partial charge on any atom is 0.187 e. The van der Waals surface area contributed by atoms with Gasteiger partial charge in [0.2, 0.25) is 0 Å². The molecule has 0 saturated carbocycles. The molecule has 6 aromatic rings. The molecule has 5 heterocycles. The van der Waals surface area contributed by atoms with Crippen LogP contribution in [0.1, 0.15) is 20.3 Å². The van der Waals surface area contributed by atoms with Gasteiger partial charge in [-0.15, -0.1) is 10.2 Å². The molecule has 190 valence electrons. The van der Waals surface area contributed by atoms with Crippen LogP contribution in [-0.4, -0.2) is 35.5 Å². The highest BCUT2D eigenvalue weighted by molar-refractivity contribution is 6.09. The first-order valence-electron chi connectivity index (χ1n) is 13.1. The summed E-state index contributed by atoms with van der Waals surface area (Å²) in [5.74, 6) is 2.21. The van der Waals surface area contributed by atoms with E-state index in [1.165, 1.54) is 10.8 Å². The topological polar surface area (TPSA) is 73.8 Å². The van der Waals surface area contributed by atoms with Crippen molar-refractivity contribution in [2.45, 2.75) is 20.3 Å². The lowest BCUT2D eigenvalue weighted by atomic mass is 10.2. The van der Waals surface area contributed by atoms with Crippen molar-refractivity contribution in [1.82, 2.24) is 29.3 Å². The van der Waals surface area contributed by atoms with Crippen LogP contribution in [0.4, 0.5) is 0 Å². The minimum Gasteiger partial charge on any atom is -0.294 e. The first-order chi connectivity index (χ1) is 19.4. The van der Waals surface area contributed by atoms with E-state index in [4.69, 9.17) is 4.98 Å². The van der Waals surface area contributed by atoms with Crippen LogP contribution in [0.25, 0.3) is 56.2 Å². The van der Waals surface area contributed by atoms with Crippen molar-refractivity contribution in [2.75, 3.05) is 0 Å². The van der Waals surface area contributed by atoms with Gasteiger partial charge in [0.1, 0.15) is 11.5 Å². The lowest BCUT2D eigenvalue weighted by molar-refractivity contribution is 1.06. The Morgan fingerprint density at radius 1 is 0.692 bits per heavy atom. The number of aliphatic imine (C=N–C) groups is 1. The summed E-state index contributed by atoms with van der Waals surface area (Å²) in [6.45, 7) is 4.00. The van der Waals surface area contributed by atoms with E-state index in [0.29, 0.717) is 18.1 Å². The maximum absolute atomic E-state index is 4.89. The zero-order valence-corrected chi connectivity index (χ0v) is 21.8. The van der Waals surface area contributed by atoms with E-state index in [1.807, 2.05) is 67.2 Å². The zero-order chi connectivity index (χ0) is 26.6. The second-order valence-corrected chi connectivity index (χ2v) is 8.68. The second-order valence-electron chi connectivity index (χ2n) is 8.68. The first-order valence-corrected chi connectivity index (χ1v) is 13.1. The fraction of sp³-hybridized carbons (Fsp3) is 0.0938. The molecular weight excluding hydrogens is 482 g/mol. The molecule has 1 aliphatic rings. The average Bonchev–Trinajstić information content (AvgIpc) is 3.48. The van der Waals surface area contributed by atoms with E-state index in [2.05, 4.69) is 79.3 Å². The van der Waals surface area contributed by atoms with E-state index >= 15 is 0 Å². The number of para-hydroxylation sites is 2. The Hall–Kier alpha value is -5.17. The van der Waals surface area contributed by atoms with Crippen LogP contribution in [-0.2, 0) is 0 Å². The predicted molar refractivity (Wildman–Crippen MR) is 159 cm³/mol. The summed E-state index contributed by atoms with van der Waals surface area (Å²) < 4.78 is 4.22. The molecule has 0 saturated heterocycles. The van der Waals surface area contributed by atoms with Gasteiger partial charge < -0.3 is 0 Å². The fourth-order valence-corrected chi connectivity index (χ4v) is 4.85. The van der Waals surface area contributed by atoms with E-state index in [9.17, 15) is 0 Å². The van der Waals surface area contributed by atoms with Gasteiger partial charge in [-0.1, -0.05) is 62.4 Å². The number of nitrogens with zero attached hydrogens (tertiary/aromatic N) is 7. The summed E-state index contributed by atoms with van der Waals surface area (Å²) in [4.78, 5) is 13.7. The molecular formula is C32H27N7. The first kappa shape index (κ1) is 24.2.